The quantitative estimate of drug-likeness (QED) is 0.849. The van der Waals surface area contributed by atoms with Crippen molar-refractivity contribution in [2.45, 2.75) is 19.4 Å². The fourth-order valence-corrected chi connectivity index (χ4v) is 3.17. The van der Waals surface area contributed by atoms with Crippen LogP contribution in [0.2, 0.25) is 0 Å². The molecular weight excluding hydrogens is 244 g/mol. The zero-order valence-corrected chi connectivity index (χ0v) is 11.0. The smallest absolute Gasteiger partial charge is 0.138 e. The third-order valence-corrected chi connectivity index (χ3v) is 4.13. The van der Waals surface area contributed by atoms with Crippen molar-refractivity contribution in [2.75, 3.05) is 5.75 Å². The Balaban J connectivity index is 2.03. The second-order valence-electron chi connectivity index (χ2n) is 4.16. The van der Waals surface area contributed by atoms with Crippen LogP contribution < -0.4 is 0 Å². The number of nitrogens with zero attached hydrogens (tertiary/aromatic N) is 4. The summed E-state index contributed by atoms with van der Waals surface area (Å²) in [5.74, 6) is 1.08. The minimum atomic E-state index is 0.453. The van der Waals surface area contributed by atoms with Crippen LogP contribution in [0.3, 0.4) is 0 Å². The molecule has 2 aromatic rings. The standard InChI is InChI=1S/C13H14N4S/c1-2-10-7-18-13(16-10)11-5-3-4-6-12(11)17-9-14-8-15-17/h3-6,8-10H,2,7H2,1H3. The van der Waals surface area contributed by atoms with E-state index in [1.54, 1.807) is 17.3 Å². The van der Waals surface area contributed by atoms with Gasteiger partial charge in [0, 0.05) is 11.3 Å². The molecule has 1 aromatic carbocycles. The Bertz CT molecular complexity index is 562. The predicted octanol–water partition coefficient (Wildman–Crippen LogP) is 2.54. The van der Waals surface area contributed by atoms with Gasteiger partial charge in [0.05, 0.1) is 11.7 Å². The molecule has 5 heteroatoms. The van der Waals surface area contributed by atoms with Crippen molar-refractivity contribution in [2.24, 2.45) is 4.99 Å². The third kappa shape index (κ3) is 2.06. The zero-order chi connectivity index (χ0) is 12.4. The van der Waals surface area contributed by atoms with E-state index < -0.39 is 0 Å². The van der Waals surface area contributed by atoms with Crippen molar-refractivity contribution in [3.8, 4) is 5.69 Å². The van der Waals surface area contributed by atoms with Gasteiger partial charge in [-0.1, -0.05) is 25.1 Å². The second-order valence-corrected chi connectivity index (χ2v) is 5.17. The zero-order valence-electron chi connectivity index (χ0n) is 10.2. The lowest BCUT2D eigenvalue weighted by Crippen LogP contribution is -2.03. The molecule has 0 bridgehead atoms. The molecule has 4 nitrogen and oxygen atoms in total. The van der Waals surface area contributed by atoms with Crippen molar-refractivity contribution in [3.63, 3.8) is 0 Å². The number of thioether (sulfide) groups is 1. The van der Waals surface area contributed by atoms with Gasteiger partial charge < -0.3 is 0 Å². The van der Waals surface area contributed by atoms with E-state index in [9.17, 15) is 0 Å². The number of rotatable bonds is 3. The van der Waals surface area contributed by atoms with E-state index in [-0.39, 0.29) is 0 Å². The van der Waals surface area contributed by atoms with Crippen LogP contribution in [0.25, 0.3) is 5.69 Å². The maximum Gasteiger partial charge on any atom is 0.138 e. The minimum absolute atomic E-state index is 0.453. The van der Waals surface area contributed by atoms with Crippen LogP contribution in [0.1, 0.15) is 18.9 Å². The van der Waals surface area contributed by atoms with Gasteiger partial charge in [0.15, 0.2) is 0 Å². The molecule has 3 rings (SSSR count). The van der Waals surface area contributed by atoms with E-state index in [4.69, 9.17) is 4.99 Å². The van der Waals surface area contributed by atoms with Gasteiger partial charge in [-0.2, -0.15) is 5.10 Å². The number of aromatic nitrogens is 3. The molecule has 1 unspecified atom stereocenters. The Morgan fingerprint density at radius 1 is 1.39 bits per heavy atom. The van der Waals surface area contributed by atoms with Gasteiger partial charge in [0.2, 0.25) is 0 Å². The Morgan fingerprint density at radius 2 is 2.28 bits per heavy atom. The van der Waals surface area contributed by atoms with Gasteiger partial charge in [-0.3, -0.25) is 4.99 Å². The summed E-state index contributed by atoms with van der Waals surface area (Å²) in [6.45, 7) is 2.18. The van der Waals surface area contributed by atoms with Gasteiger partial charge in [-0.25, -0.2) is 9.67 Å². The highest BCUT2D eigenvalue weighted by atomic mass is 32.2. The van der Waals surface area contributed by atoms with E-state index in [0.717, 1.165) is 28.5 Å². The molecule has 1 atom stereocenters. The number of para-hydroxylation sites is 1. The molecule has 0 radical (unpaired) electrons. The highest BCUT2D eigenvalue weighted by Crippen LogP contribution is 2.27. The van der Waals surface area contributed by atoms with Gasteiger partial charge >= 0.3 is 0 Å². The van der Waals surface area contributed by atoms with Gasteiger partial charge in [0.25, 0.3) is 0 Å². The van der Waals surface area contributed by atoms with Crippen LogP contribution in [0.4, 0.5) is 0 Å². The normalized spacial score (nSPS) is 18.9. The average molecular weight is 258 g/mol. The summed E-state index contributed by atoms with van der Waals surface area (Å²) in [7, 11) is 0. The summed E-state index contributed by atoms with van der Waals surface area (Å²) < 4.78 is 1.79. The van der Waals surface area contributed by atoms with Crippen LogP contribution in [-0.2, 0) is 0 Å². The van der Waals surface area contributed by atoms with E-state index in [2.05, 4.69) is 23.1 Å². The summed E-state index contributed by atoms with van der Waals surface area (Å²) in [4.78, 5) is 8.77. The summed E-state index contributed by atoms with van der Waals surface area (Å²) in [6, 6.07) is 8.65. The van der Waals surface area contributed by atoms with Gasteiger partial charge in [-0.15, -0.1) is 11.8 Å². The molecule has 1 aliphatic rings. The second kappa shape index (κ2) is 4.94. The number of hydrogen-bond donors (Lipinski definition) is 0. The molecule has 0 N–H and O–H groups in total. The van der Waals surface area contributed by atoms with Crippen LogP contribution in [0.15, 0.2) is 41.9 Å². The first kappa shape index (κ1) is 11.5. The monoisotopic (exact) mass is 258 g/mol. The lowest BCUT2D eigenvalue weighted by Gasteiger charge is -2.07. The molecular formula is C13H14N4S. The van der Waals surface area contributed by atoms with Gasteiger partial charge in [0.1, 0.15) is 17.7 Å². The van der Waals surface area contributed by atoms with Crippen LogP contribution in [0, 0.1) is 0 Å². The molecule has 2 heterocycles. The number of hydrogen-bond acceptors (Lipinski definition) is 4. The SMILES string of the molecule is CCC1CSC(c2ccccc2-n2cncn2)=N1. The minimum Gasteiger partial charge on any atom is -0.274 e. The van der Waals surface area contributed by atoms with Crippen molar-refractivity contribution >= 4 is 16.8 Å². The molecule has 0 fully saturated rings. The van der Waals surface area contributed by atoms with Crippen LogP contribution in [-0.4, -0.2) is 31.6 Å². The number of aliphatic imine (C=N–C) groups is 1. The van der Waals surface area contributed by atoms with Crippen molar-refractivity contribution in [3.05, 3.63) is 42.5 Å². The first-order valence-corrected chi connectivity index (χ1v) is 7.02. The van der Waals surface area contributed by atoms with Gasteiger partial charge in [-0.05, 0) is 12.5 Å². The Morgan fingerprint density at radius 3 is 3.00 bits per heavy atom. The van der Waals surface area contributed by atoms with E-state index >= 15 is 0 Å². The van der Waals surface area contributed by atoms with E-state index in [1.165, 1.54) is 0 Å². The summed E-state index contributed by atoms with van der Waals surface area (Å²) in [6.07, 6.45) is 4.37. The van der Waals surface area contributed by atoms with Crippen molar-refractivity contribution in [1.82, 2.24) is 14.8 Å². The molecule has 0 spiro atoms. The summed E-state index contributed by atoms with van der Waals surface area (Å²) in [5, 5.41) is 5.32. The lowest BCUT2D eigenvalue weighted by molar-refractivity contribution is 0.738. The maximum atomic E-state index is 4.77. The molecule has 92 valence electrons. The predicted molar refractivity (Wildman–Crippen MR) is 74.4 cm³/mol. The first-order valence-electron chi connectivity index (χ1n) is 6.03. The molecule has 0 amide bonds. The maximum absolute atomic E-state index is 4.77. The lowest BCUT2D eigenvalue weighted by atomic mass is 10.2. The Hall–Kier alpha value is -1.62. The topological polar surface area (TPSA) is 43.1 Å². The van der Waals surface area contributed by atoms with E-state index in [1.807, 2.05) is 30.0 Å². The van der Waals surface area contributed by atoms with Crippen molar-refractivity contribution < 1.29 is 0 Å². The van der Waals surface area contributed by atoms with Crippen molar-refractivity contribution in [1.29, 1.82) is 0 Å². The largest absolute Gasteiger partial charge is 0.274 e. The first-order chi connectivity index (χ1) is 8.88. The Labute approximate surface area is 110 Å². The summed E-state index contributed by atoms with van der Waals surface area (Å²) >= 11 is 1.83. The highest BCUT2D eigenvalue weighted by Gasteiger charge is 2.20. The molecule has 0 aliphatic carbocycles. The molecule has 1 aliphatic heterocycles. The fourth-order valence-electron chi connectivity index (χ4n) is 1.96. The molecule has 18 heavy (non-hydrogen) atoms. The number of benzene rings is 1. The van der Waals surface area contributed by atoms with E-state index in [0.29, 0.717) is 6.04 Å². The molecule has 1 aromatic heterocycles. The summed E-state index contributed by atoms with van der Waals surface area (Å²) in [5.41, 5.74) is 2.18. The average Bonchev–Trinajstić information content (AvgIpc) is 3.10. The Kier molecular flexibility index (Phi) is 3.15. The highest BCUT2D eigenvalue weighted by molar-refractivity contribution is 8.14. The molecule has 0 saturated heterocycles. The van der Waals surface area contributed by atoms with Crippen LogP contribution >= 0.6 is 11.8 Å². The van der Waals surface area contributed by atoms with Crippen LogP contribution in [0.5, 0.6) is 0 Å². The fraction of sp³-hybridized carbons (Fsp3) is 0.308. The molecule has 0 saturated carbocycles. The third-order valence-electron chi connectivity index (χ3n) is 2.98.